The van der Waals surface area contributed by atoms with Crippen LogP contribution in [0.4, 0.5) is 0 Å². The molecule has 0 unspecified atom stereocenters. The van der Waals surface area contributed by atoms with Gasteiger partial charge in [0.15, 0.2) is 22.7 Å². The molecule has 0 fully saturated rings. The molecule has 3 rings (SSSR count). The number of ether oxygens (including phenoxy) is 3. The molecule has 1 amide bonds. The summed E-state index contributed by atoms with van der Waals surface area (Å²) < 4.78 is 16.4. The molecule has 0 radical (unpaired) electrons. The van der Waals surface area contributed by atoms with E-state index in [1.54, 1.807) is 6.92 Å². The lowest BCUT2D eigenvalue weighted by molar-refractivity contribution is -0.127. The van der Waals surface area contributed by atoms with Gasteiger partial charge in [0.25, 0.3) is 5.91 Å². The Kier molecular flexibility index (Phi) is 6.20. The van der Waals surface area contributed by atoms with Gasteiger partial charge in [-0.05, 0) is 67.9 Å². The van der Waals surface area contributed by atoms with Crippen molar-refractivity contribution in [2.24, 2.45) is 0 Å². The van der Waals surface area contributed by atoms with Crippen LogP contribution in [0.25, 0.3) is 0 Å². The third-order valence-electron chi connectivity index (χ3n) is 4.42. The number of rotatable bonds is 5. The first-order valence-electron chi connectivity index (χ1n) is 8.89. The minimum Gasteiger partial charge on any atom is -0.481 e. The van der Waals surface area contributed by atoms with Crippen LogP contribution in [0.15, 0.2) is 36.4 Å². The molecule has 0 saturated carbocycles. The van der Waals surface area contributed by atoms with Gasteiger partial charge >= 0.3 is 0 Å². The SMILES string of the molecule is Cc1cccc(O[C@@H](C)C(=O)NNC(=S)NCc2ccc3c(c2)OCO3)c1C. The van der Waals surface area contributed by atoms with E-state index in [9.17, 15) is 4.79 Å². The van der Waals surface area contributed by atoms with Crippen molar-refractivity contribution in [3.8, 4) is 17.2 Å². The average molecular weight is 401 g/mol. The van der Waals surface area contributed by atoms with Crippen molar-refractivity contribution >= 4 is 23.2 Å². The van der Waals surface area contributed by atoms with E-state index in [-0.39, 0.29) is 12.7 Å². The number of hydrazine groups is 1. The molecule has 148 valence electrons. The Balaban J connectivity index is 1.43. The summed E-state index contributed by atoms with van der Waals surface area (Å²) in [5.74, 6) is 1.80. The fourth-order valence-corrected chi connectivity index (χ4v) is 2.72. The highest BCUT2D eigenvalue weighted by Gasteiger charge is 2.16. The van der Waals surface area contributed by atoms with Crippen molar-refractivity contribution in [2.45, 2.75) is 33.4 Å². The third-order valence-corrected chi connectivity index (χ3v) is 4.66. The van der Waals surface area contributed by atoms with Crippen LogP contribution in [0.2, 0.25) is 0 Å². The van der Waals surface area contributed by atoms with Gasteiger partial charge in [0.1, 0.15) is 5.75 Å². The number of hydrogen-bond donors (Lipinski definition) is 3. The summed E-state index contributed by atoms with van der Waals surface area (Å²) in [5, 5.41) is 3.32. The lowest BCUT2D eigenvalue weighted by atomic mass is 10.1. The first-order valence-corrected chi connectivity index (χ1v) is 9.30. The summed E-state index contributed by atoms with van der Waals surface area (Å²) in [6, 6.07) is 11.4. The molecule has 1 aliphatic heterocycles. The molecule has 2 aromatic rings. The molecule has 1 atom stereocenters. The van der Waals surface area contributed by atoms with E-state index in [0.717, 1.165) is 22.4 Å². The third kappa shape index (κ3) is 4.83. The monoisotopic (exact) mass is 401 g/mol. The van der Waals surface area contributed by atoms with E-state index >= 15 is 0 Å². The standard InChI is InChI=1S/C20H23N3O4S/c1-12-5-4-6-16(13(12)2)27-14(3)19(24)22-23-20(28)21-10-15-7-8-17-18(9-15)26-11-25-17/h4-9,14H,10-11H2,1-3H3,(H,22,24)(H2,21,23,28)/t14-/m0/s1. The number of amides is 1. The maximum absolute atomic E-state index is 12.2. The number of fused-ring (bicyclic) bond motifs is 1. The minimum absolute atomic E-state index is 0.237. The quantitative estimate of drug-likeness (QED) is 0.525. The van der Waals surface area contributed by atoms with Gasteiger partial charge in [0.2, 0.25) is 6.79 Å². The van der Waals surface area contributed by atoms with Gasteiger partial charge in [-0.2, -0.15) is 0 Å². The zero-order chi connectivity index (χ0) is 20.1. The molecule has 3 N–H and O–H groups in total. The molecule has 0 aliphatic carbocycles. The van der Waals surface area contributed by atoms with Crippen LogP contribution >= 0.6 is 12.2 Å². The van der Waals surface area contributed by atoms with Gasteiger partial charge in [-0.15, -0.1) is 0 Å². The molecular weight excluding hydrogens is 378 g/mol. The van der Waals surface area contributed by atoms with Gasteiger partial charge in [-0.1, -0.05) is 18.2 Å². The Bertz CT molecular complexity index is 888. The van der Waals surface area contributed by atoms with E-state index in [2.05, 4.69) is 16.2 Å². The molecule has 0 saturated heterocycles. The lowest BCUT2D eigenvalue weighted by Gasteiger charge is -2.18. The number of nitrogens with one attached hydrogen (secondary N) is 3. The maximum Gasteiger partial charge on any atom is 0.279 e. The zero-order valence-electron chi connectivity index (χ0n) is 16.0. The Hall–Kier alpha value is -3.00. The number of aryl methyl sites for hydroxylation is 1. The van der Waals surface area contributed by atoms with E-state index in [4.69, 9.17) is 26.4 Å². The second-order valence-electron chi connectivity index (χ2n) is 6.44. The molecule has 2 aromatic carbocycles. The fraction of sp³-hybridized carbons (Fsp3) is 0.300. The molecule has 0 aromatic heterocycles. The molecule has 8 heteroatoms. The van der Waals surface area contributed by atoms with E-state index in [1.165, 1.54) is 0 Å². The Morgan fingerprint density at radius 2 is 1.96 bits per heavy atom. The molecular formula is C20H23N3O4S. The van der Waals surface area contributed by atoms with Crippen LogP contribution in [0.3, 0.4) is 0 Å². The average Bonchev–Trinajstić information content (AvgIpc) is 3.15. The summed E-state index contributed by atoms with van der Waals surface area (Å²) in [7, 11) is 0. The van der Waals surface area contributed by atoms with Crippen LogP contribution in [0.5, 0.6) is 17.2 Å². The largest absolute Gasteiger partial charge is 0.481 e. The smallest absolute Gasteiger partial charge is 0.279 e. The van der Waals surface area contributed by atoms with Crippen LogP contribution in [0.1, 0.15) is 23.6 Å². The van der Waals surface area contributed by atoms with Gasteiger partial charge in [0.05, 0.1) is 0 Å². The molecule has 28 heavy (non-hydrogen) atoms. The number of hydrogen-bond acceptors (Lipinski definition) is 5. The van der Waals surface area contributed by atoms with Gasteiger partial charge in [0, 0.05) is 6.54 Å². The zero-order valence-corrected chi connectivity index (χ0v) is 16.8. The predicted molar refractivity (Wildman–Crippen MR) is 109 cm³/mol. The summed E-state index contributed by atoms with van der Waals surface area (Å²) in [5.41, 5.74) is 8.33. The molecule has 7 nitrogen and oxygen atoms in total. The Labute approximate surface area is 169 Å². The van der Waals surface area contributed by atoms with Gasteiger partial charge in [-0.25, -0.2) is 0 Å². The Morgan fingerprint density at radius 1 is 1.18 bits per heavy atom. The molecule has 1 heterocycles. The van der Waals surface area contributed by atoms with Crippen molar-refractivity contribution in [1.82, 2.24) is 16.2 Å². The summed E-state index contributed by atoms with van der Waals surface area (Å²) >= 11 is 5.19. The first-order chi connectivity index (χ1) is 13.4. The van der Waals surface area contributed by atoms with Crippen LogP contribution < -0.4 is 30.4 Å². The first kappa shape index (κ1) is 19.8. The highest BCUT2D eigenvalue weighted by molar-refractivity contribution is 7.80. The summed E-state index contributed by atoms with van der Waals surface area (Å²) in [6.07, 6.45) is -0.676. The van der Waals surface area contributed by atoms with Crippen molar-refractivity contribution in [3.63, 3.8) is 0 Å². The molecule has 1 aliphatic rings. The van der Waals surface area contributed by atoms with Crippen molar-refractivity contribution in [2.75, 3.05) is 6.79 Å². The Morgan fingerprint density at radius 3 is 2.79 bits per heavy atom. The summed E-state index contributed by atoms with van der Waals surface area (Å²) in [4.78, 5) is 12.2. The van der Waals surface area contributed by atoms with Crippen LogP contribution in [0, 0.1) is 13.8 Å². The van der Waals surface area contributed by atoms with E-state index < -0.39 is 6.10 Å². The normalized spacial score (nSPS) is 12.8. The van der Waals surface area contributed by atoms with Crippen molar-refractivity contribution in [3.05, 3.63) is 53.1 Å². The number of thiocarbonyl (C=S) groups is 1. The van der Waals surface area contributed by atoms with Gasteiger partial charge < -0.3 is 19.5 Å². The summed E-state index contributed by atoms with van der Waals surface area (Å²) in [6.45, 7) is 6.36. The highest BCUT2D eigenvalue weighted by Crippen LogP contribution is 2.32. The highest BCUT2D eigenvalue weighted by atomic mass is 32.1. The second kappa shape index (κ2) is 8.79. The maximum atomic E-state index is 12.2. The predicted octanol–water partition coefficient (Wildman–Crippen LogP) is 2.49. The number of carbonyl (C=O) groups excluding carboxylic acids is 1. The van der Waals surface area contributed by atoms with Gasteiger partial charge in [-0.3, -0.25) is 15.6 Å². The lowest BCUT2D eigenvalue weighted by Crippen LogP contribution is -2.50. The van der Waals surface area contributed by atoms with Crippen LogP contribution in [-0.4, -0.2) is 23.9 Å². The van der Waals surface area contributed by atoms with Crippen molar-refractivity contribution < 1.29 is 19.0 Å². The molecule has 0 bridgehead atoms. The topological polar surface area (TPSA) is 80.9 Å². The van der Waals surface area contributed by atoms with Crippen LogP contribution in [-0.2, 0) is 11.3 Å². The number of benzene rings is 2. The second-order valence-corrected chi connectivity index (χ2v) is 6.85. The fourth-order valence-electron chi connectivity index (χ4n) is 2.59. The number of carbonyl (C=O) groups is 1. The van der Waals surface area contributed by atoms with E-state index in [1.807, 2.05) is 50.2 Å². The minimum atomic E-state index is -0.676. The van der Waals surface area contributed by atoms with E-state index in [0.29, 0.717) is 23.2 Å². The van der Waals surface area contributed by atoms with Crippen molar-refractivity contribution in [1.29, 1.82) is 0 Å². The molecule has 0 spiro atoms.